The number of H-pyrrole nitrogens is 1. The van der Waals surface area contributed by atoms with E-state index in [1.165, 1.54) is 0 Å². The molecule has 2 heterocycles. The molecule has 0 fully saturated rings. The first-order chi connectivity index (χ1) is 4.88. The number of aromatic amines is 1. The van der Waals surface area contributed by atoms with Crippen LogP contribution in [0.4, 0.5) is 0 Å². The van der Waals surface area contributed by atoms with E-state index < -0.39 is 0 Å². The largest absolute Gasteiger partial charge is 0.456 e. The average Bonchev–Trinajstić information content (AvgIpc) is 2.34. The average molecular weight is 135 g/mol. The van der Waals surface area contributed by atoms with Crippen molar-refractivity contribution in [1.29, 1.82) is 0 Å². The third kappa shape index (κ3) is 0.603. The van der Waals surface area contributed by atoms with Gasteiger partial charge < -0.3 is 4.42 Å². The lowest BCUT2D eigenvalue weighted by Crippen LogP contribution is -1.99. The summed E-state index contributed by atoms with van der Waals surface area (Å²) in [6.07, 6.45) is 5.13. The Balaban J connectivity index is 2.93. The van der Waals surface area contributed by atoms with Gasteiger partial charge in [0.25, 0.3) is 6.33 Å². The lowest BCUT2D eigenvalue weighted by atomic mass is 10.3. The molecule has 0 spiro atoms. The van der Waals surface area contributed by atoms with Gasteiger partial charge in [-0.1, -0.05) is 0 Å². The normalized spacial score (nSPS) is 10.5. The molecule has 0 saturated carbocycles. The Morgan fingerprint density at radius 3 is 3.30 bits per heavy atom. The van der Waals surface area contributed by atoms with Crippen LogP contribution in [0.15, 0.2) is 23.2 Å². The molecule has 3 nitrogen and oxygen atoms in total. The molecule has 0 saturated heterocycles. The van der Waals surface area contributed by atoms with Gasteiger partial charge in [0.2, 0.25) is 11.1 Å². The van der Waals surface area contributed by atoms with Gasteiger partial charge in [-0.15, -0.1) is 0 Å². The molecule has 3 heteroatoms. The Morgan fingerprint density at radius 2 is 2.50 bits per heavy atom. The molecule has 0 aromatic carbocycles. The standard InChI is InChI=1S/C7H6N2O/c1-5-3-10-6-2-8-4-9-7(5)6/h2-4H,1H3/p+1. The number of hydrogen-bond acceptors (Lipinski definition) is 2. The van der Waals surface area contributed by atoms with E-state index in [2.05, 4.69) is 9.97 Å². The Bertz CT molecular complexity index is 353. The SMILES string of the molecule is Cc1coc2c[nH+]cnc12. The second-order valence-corrected chi connectivity index (χ2v) is 2.20. The number of rotatable bonds is 0. The number of aromatic nitrogens is 2. The second-order valence-electron chi connectivity index (χ2n) is 2.20. The first-order valence-electron chi connectivity index (χ1n) is 3.08. The van der Waals surface area contributed by atoms with Crippen LogP contribution in [0.1, 0.15) is 5.56 Å². The van der Waals surface area contributed by atoms with Crippen molar-refractivity contribution in [2.75, 3.05) is 0 Å². The first-order valence-corrected chi connectivity index (χ1v) is 3.08. The molecule has 2 rings (SSSR count). The molecule has 10 heavy (non-hydrogen) atoms. The second kappa shape index (κ2) is 1.80. The fraction of sp³-hybridized carbons (Fsp3) is 0.143. The number of nitrogens with one attached hydrogen (secondary N) is 1. The fourth-order valence-electron chi connectivity index (χ4n) is 0.940. The summed E-state index contributed by atoms with van der Waals surface area (Å²) in [5.41, 5.74) is 2.81. The summed E-state index contributed by atoms with van der Waals surface area (Å²) < 4.78 is 5.15. The van der Waals surface area contributed by atoms with Crippen molar-refractivity contribution in [3.63, 3.8) is 0 Å². The monoisotopic (exact) mass is 135 g/mol. The van der Waals surface area contributed by atoms with E-state index in [-0.39, 0.29) is 0 Å². The van der Waals surface area contributed by atoms with Crippen molar-refractivity contribution in [3.8, 4) is 0 Å². The van der Waals surface area contributed by atoms with Crippen LogP contribution in [0, 0.1) is 6.92 Å². The summed E-state index contributed by atoms with van der Waals surface area (Å²) in [6.45, 7) is 1.97. The molecule has 0 bridgehead atoms. The number of furan rings is 1. The van der Waals surface area contributed by atoms with Gasteiger partial charge in [-0.3, -0.25) is 0 Å². The Labute approximate surface area is 57.7 Å². The summed E-state index contributed by atoms with van der Waals surface area (Å²) in [4.78, 5) is 6.94. The number of fused-ring (bicyclic) bond motifs is 1. The minimum atomic E-state index is 0.806. The lowest BCUT2D eigenvalue weighted by Gasteiger charge is -1.75. The van der Waals surface area contributed by atoms with Crippen molar-refractivity contribution < 1.29 is 9.40 Å². The van der Waals surface area contributed by atoms with Crippen molar-refractivity contribution in [2.45, 2.75) is 6.92 Å². The number of hydrogen-bond donors (Lipinski definition) is 0. The minimum absolute atomic E-state index is 0.806. The predicted molar refractivity (Wildman–Crippen MR) is 35.3 cm³/mol. The fourth-order valence-corrected chi connectivity index (χ4v) is 0.940. The summed E-state index contributed by atoms with van der Waals surface area (Å²) >= 11 is 0. The van der Waals surface area contributed by atoms with E-state index in [0.29, 0.717) is 0 Å². The van der Waals surface area contributed by atoms with Gasteiger partial charge in [-0.25, -0.2) is 4.98 Å². The lowest BCUT2D eigenvalue weighted by molar-refractivity contribution is -0.381. The molecule has 0 unspecified atom stereocenters. The van der Waals surface area contributed by atoms with Gasteiger partial charge in [0, 0.05) is 5.56 Å². The summed E-state index contributed by atoms with van der Waals surface area (Å²) in [7, 11) is 0. The van der Waals surface area contributed by atoms with Gasteiger partial charge >= 0.3 is 0 Å². The Hall–Kier alpha value is -1.38. The molecule has 0 aliphatic heterocycles. The van der Waals surface area contributed by atoms with Crippen LogP contribution in [0.3, 0.4) is 0 Å². The van der Waals surface area contributed by atoms with Crippen molar-refractivity contribution in [1.82, 2.24) is 4.98 Å². The third-order valence-electron chi connectivity index (χ3n) is 1.45. The molecule has 0 radical (unpaired) electrons. The number of nitrogens with zero attached hydrogens (tertiary/aromatic N) is 1. The molecular formula is C7H7N2O+. The smallest absolute Gasteiger partial charge is 0.284 e. The highest BCUT2D eigenvalue weighted by atomic mass is 16.3. The van der Waals surface area contributed by atoms with Crippen LogP contribution in [0.2, 0.25) is 0 Å². The van der Waals surface area contributed by atoms with Crippen LogP contribution in [-0.4, -0.2) is 4.98 Å². The zero-order valence-corrected chi connectivity index (χ0v) is 5.59. The van der Waals surface area contributed by atoms with Crippen LogP contribution in [0.25, 0.3) is 11.1 Å². The topological polar surface area (TPSA) is 40.2 Å². The maximum absolute atomic E-state index is 5.15. The highest BCUT2D eigenvalue weighted by Crippen LogP contribution is 2.13. The van der Waals surface area contributed by atoms with E-state index in [1.54, 1.807) is 18.8 Å². The molecular weight excluding hydrogens is 128 g/mol. The minimum Gasteiger partial charge on any atom is -0.456 e. The summed E-state index contributed by atoms with van der Waals surface area (Å²) in [5.74, 6) is 0. The molecule has 0 amide bonds. The zero-order valence-electron chi connectivity index (χ0n) is 5.59. The van der Waals surface area contributed by atoms with Crippen molar-refractivity contribution in [2.24, 2.45) is 0 Å². The van der Waals surface area contributed by atoms with Gasteiger partial charge in [-0.2, -0.15) is 0 Å². The van der Waals surface area contributed by atoms with Gasteiger partial charge in [0.15, 0.2) is 0 Å². The number of aryl methyl sites for hydroxylation is 1. The quantitative estimate of drug-likeness (QED) is 0.539. The molecule has 0 aliphatic rings. The van der Waals surface area contributed by atoms with Crippen molar-refractivity contribution in [3.05, 3.63) is 24.4 Å². The maximum atomic E-state index is 5.15. The first kappa shape index (κ1) is 5.41. The highest BCUT2D eigenvalue weighted by Gasteiger charge is 2.06. The van der Waals surface area contributed by atoms with E-state index in [9.17, 15) is 0 Å². The predicted octanol–water partition coefficient (Wildman–Crippen LogP) is 0.950. The van der Waals surface area contributed by atoms with E-state index in [4.69, 9.17) is 4.42 Å². The van der Waals surface area contributed by atoms with E-state index in [1.807, 2.05) is 6.92 Å². The van der Waals surface area contributed by atoms with Crippen LogP contribution >= 0.6 is 0 Å². The highest BCUT2D eigenvalue weighted by molar-refractivity contribution is 5.73. The van der Waals surface area contributed by atoms with Gasteiger partial charge in [0.05, 0.1) is 6.26 Å². The maximum Gasteiger partial charge on any atom is 0.284 e. The summed E-state index contributed by atoms with van der Waals surface area (Å²) in [6, 6.07) is 0. The Kier molecular flexibility index (Phi) is 0.974. The molecule has 50 valence electrons. The molecule has 2 aromatic rings. The van der Waals surface area contributed by atoms with Gasteiger partial charge in [-0.05, 0) is 11.9 Å². The molecule has 2 aromatic heterocycles. The Morgan fingerprint density at radius 1 is 1.60 bits per heavy atom. The molecule has 1 N–H and O–H groups in total. The van der Waals surface area contributed by atoms with Crippen LogP contribution in [0.5, 0.6) is 0 Å². The zero-order chi connectivity index (χ0) is 6.97. The molecule has 0 aliphatic carbocycles. The van der Waals surface area contributed by atoms with Crippen LogP contribution in [-0.2, 0) is 0 Å². The third-order valence-corrected chi connectivity index (χ3v) is 1.45. The van der Waals surface area contributed by atoms with E-state index in [0.717, 1.165) is 16.7 Å². The van der Waals surface area contributed by atoms with Gasteiger partial charge in [0.1, 0.15) is 6.20 Å². The van der Waals surface area contributed by atoms with E-state index >= 15 is 0 Å². The van der Waals surface area contributed by atoms with Crippen molar-refractivity contribution >= 4 is 11.1 Å². The van der Waals surface area contributed by atoms with Crippen LogP contribution < -0.4 is 4.98 Å². The summed E-state index contributed by atoms with van der Waals surface area (Å²) in [5, 5.41) is 0. The molecule has 0 atom stereocenters.